The predicted molar refractivity (Wildman–Crippen MR) is 128 cm³/mol. The van der Waals surface area contributed by atoms with Gasteiger partial charge in [0, 0.05) is 19.0 Å². The molecule has 4 nitrogen and oxygen atoms in total. The van der Waals surface area contributed by atoms with Gasteiger partial charge in [-0.2, -0.15) is 0 Å². The van der Waals surface area contributed by atoms with Crippen LogP contribution in [0, 0.1) is 0 Å². The first kappa shape index (κ1) is 24.6. The van der Waals surface area contributed by atoms with Gasteiger partial charge in [-0.1, -0.05) is 75.4 Å². The monoisotopic (exact) mass is 422 g/mol. The Bertz CT molecular complexity index is 802. The molecule has 0 saturated carbocycles. The van der Waals surface area contributed by atoms with E-state index in [0.717, 1.165) is 24.8 Å². The average Bonchev–Trinajstić information content (AvgIpc) is 2.80. The zero-order chi connectivity index (χ0) is 22.6. The highest BCUT2D eigenvalue weighted by Gasteiger charge is 2.28. The molecule has 0 unspecified atom stereocenters. The number of carbonyl (C=O) groups is 2. The summed E-state index contributed by atoms with van der Waals surface area (Å²) in [5, 5.41) is 3.07. The number of carbonyl (C=O) groups excluding carboxylic acids is 2. The van der Waals surface area contributed by atoms with E-state index < -0.39 is 6.04 Å². The topological polar surface area (TPSA) is 49.4 Å². The van der Waals surface area contributed by atoms with Crippen LogP contribution in [-0.4, -0.2) is 35.3 Å². The summed E-state index contributed by atoms with van der Waals surface area (Å²) >= 11 is 0. The molecule has 0 bridgehead atoms. The van der Waals surface area contributed by atoms with Crippen LogP contribution in [0.15, 0.2) is 54.6 Å². The van der Waals surface area contributed by atoms with Gasteiger partial charge in [0.25, 0.3) is 0 Å². The lowest BCUT2D eigenvalue weighted by Crippen LogP contribution is -2.51. The van der Waals surface area contributed by atoms with Crippen LogP contribution in [-0.2, 0) is 28.9 Å². The molecule has 2 aromatic rings. The Morgan fingerprint density at radius 1 is 0.839 bits per heavy atom. The van der Waals surface area contributed by atoms with Crippen LogP contribution in [0.3, 0.4) is 0 Å². The molecule has 31 heavy (non-hydrogen) atoms. The zero-order valence-corrected chi connectivity index (χ0v) is 19.6. The molecule has 2 rings (SSSR count). The molecule has 2 amide bonds. The van der Waals surface area contributed by atoms with E-state index in [-0.39, 0.29) is 17.9 Å². The van der Waals surface area contributed by atoms with Gasteiger partial charge in [-0.3, -0.25) is 9.59 Å². The first-order chi connectivity index (χ1) is 15.0. The maximum Gasteiger partial charge on any atom is 0.243 e. The number of nitrogens with one attached hydrogen (secondary N) is 1. The van der Waals surface area contributed by atoms with Crippen LogP contribution in [0.5, 0.6) is 0 Å². The van der Waals surface area contributed by atoms with Crippen molar-refractivity contribution in [1.82, 2.24) is 10.2 Å². The van der Waals surface area contributed by atoms with Crippen LogP contribution in [0.1, 0.15) is 63.6 Å². The minimum atomic E-state index is -0.437. The third kappa shape index (κ3) is 7.86. The molecule has 0 fully saturated rings. The van der Waals surface area contributed by atoms with E-state index in [9.17, 15) is 9.59 Å². The van der Waals surface area contributed by atoms with Crippen molar-refractivity contribution in [2.75, 3.05) is 6.54 Å². The minimum absolute atomic E-state index is 0.0432. The van der Waals surface area contributed by atoms with E-state index in [4.69, 9.17) is 0 Å². The summed E-state index contributed by atoms with van der Waals surface area (Å²) in [6, 6.07) is 18.3. The number of rotatable bonds is 12. The molecule has 4 heteroatoms. The molecule has 0 heterocycles. The van der Waals surface area contributed by atoms with Crippen LogP contribution in [0.4, 0.5) is 0 Å². The Morgan fingerprint density at radius 2 is 1.45 bits per heavy atom. The number of amides is 2. The summed E-state index contributed by atoms with van der Waals surface area (Å²) in [5.74, 6) is -0.00721. The molecule has 2 aromatic carbocycles. The van der Waals surface area contributed by atoms with Gasteiger partial charge in [0.1, 0.15) is 6.04 Å². The predicted octanol–water partition coefficient (Wildman–Crippen LogP) is 4.95. The Kier molecular flexibility index (Phi) is 10.3. The van der Waals surface area contributed by atoms with Crippen LogP contribution in [0.2, 0.25) is 0 Å². The van der Waals surface area contributed by atoms with Crippen molar-refractivity contribution in [2.45, 2.75) is 78.3 Å². The maximum atomic E-state index is 13.3. The van der Waals surface area contributed by atoms with Gasteiger partial charge in [0.05, 0.1) is 0 Å². The van der Waals surface area contributed by atoms with Crippen molar-refractivity contribution < 1.29 is 9.59 Å². The molecule has 0 aliphatic rings. The lowest BCUT2D eigenvalue weighted by Gasteiger charge is -2.31. The molecule has 168 valence electrons. The average molecular weight is 423 g/mol. The molecule has 0 aromatic heterocycles. The lowest BCUT2D eigenvalue weighted by molar-refractivity contribution is -0.141. The Balaban J connectivity index is 2.11. The summed E-state index contributed by atoms with van der Waals surface area (Å²) in [7, 11) is 0. The second-order valence-electron chi connectivity index (χ2n) is 8.23. The summed E-state index contributed by atoms with van der Waals surface area (Å²) in [6.45, 7) is 8.71. The number of benzene rings is 2. The van der Waals surface area contributed by atoms with E-state index >= 15 is 0 Å². The fourth-order valence-corrected chi connectivity index (χ4v) is 3.67. The van der Waals surface area contributed by atoms with Gasteiger partial charge in [-0.05, 0) is 55.7 Å². The smallest absolute Gasteiger partial charge is 0.243 e. The van der Waals surface area contributed by atoms with Gasteiger partial charge in [0.15, 0.2) is 0 Å². The Morgan fingerprint density at radius 3 is 2.03 bits per heavy atom. The summed E-state index contributed by atoms with van der Waals surface area (Å²) in [6.07, 6.45) is 4.32. The molecule has 0 aliphatic carbocycles. The van der Waals surface area contributed by atoms with Gasteiger partial charge in [0.2, 0.25) is 11.8 Å². The SMILES string of the molecule is CCc1ccc(CCC(=O)N(CCc2ccccc2)[C@@H](CC)C(=O)N[C@@H](C)CC)cc1. The van der Waals surface area contributed by atoms with Gasteiger partial charge >= 0.3 is 0 Å². The van der Waals surface area contributed by atoms with Gasteiger partial charge < -0.3 is 10.2 Å². The summed E-state index contributed by atoms with van der Waals surface area (Å²) < 4.78 is 0. The fourth-order valence-electron chi connectivity index (χ4n) is 3.67. The second kappa shape index (κ2) is 12.9. The minimum Gasteiger partial charge on any atom is -0.352 e. The normalized spacial score (nSPS) is 12.8. The van der Waals surface area contributed by atoms with Crippen molar-refractivity contribution in [1.29, 1.82) is 0 Å². The number of hydrogen-bond donors (Lipinski definition) is 1. The number of nitrogens with zero attached hydrogens (tertiary/aromatic N) is 1. The van der Waals surface area contributed by atoms with Crippen molar-refractivity contribution >= 4 is 11.8 Å². The molecule has 0 aliphatic heterocycles. The first-order valence-corrected chi connectivity index (χ1v) is 11.7. The number of hydrogen-bond acceptors (Lipinski definition) is 2. The van der Waals surface area contributed by atoms with Gasteiger partial charge in [-0.25, -0.2) is 0 Å². The molecule has 0 saturated heterocycles. The van der Waals surface area contributed by atoms with Crippen molar-refractivity contribution in [3.05, 3.63) is 71.3 Å². The number of aryl methyl sites for hydroxylation is 2. The largest absolute Gasteiger partial charge is 0.352 e. The van der Waals surface area contributed by atoms with E-state index in [2.05, 4.69) is 48.6 Å². The maximum absolute atomic E-state index is 13.3. The standard InChI is InChI=1S/C27H38N2O2/c1-5-21(4)28-27(31)25(7-3)29(20-19-23-11-9-8-10-12-23)26(30)18-17-24-15-13-22(6-2)14-16-24/h8-16,21,25H,5-7,17-20H2,1-4H3,(H,28,31)/t21-,25-/m0/s1. The van der Waals surface area contributed by atoms with Crippen LogP contribution in [0.25, 0.3) is 0 Å². The third-order valence-electron chi connectivity index (χ3n) is 5.93. The summed E-state index contributed by atoms with van der Waals surface area (Å²) in [4.78, 5) is 28.0. The van der Waals surface area contributed by atoms with E-state index in [0.29, 0.717) is 25.8 Å². The third-order valence-corrected chi connectivity index (χ3v) is 5.93. The quantitative estimate of drug-likeness (QED) is 0.526. The van der Waals surface area contributed by atoms with Crippen LogP contribution >= 0.6 is 0 Å². The first-order valence-electron chi connectivity index (χ1n) is 11.7. The highest BCUT2D eigenvalue weighted by Crippen LogP contribution is 2.14. The van der Waals surface area contributed by atoms with Crippen molar-refractivity contribution in [3.63, 3.8) is 0 Å². The van der Waals surface area contributed by atoms with E-state index in [1.807, 2.05) is 39.0 Å². The second-order valence-corrected chi connectivity index (χ2v) is 8.23. The molecule has 0 radical (unpaired) electrons. The van der Waals surface area contributed by atoms with E-state index in [1.54, 1.807) is 4.90 Å². The summed E-state index contributed by atoms with van der Waals surface area (Å²) in [5.41, 5.74) is 3.63. The molecular weight excluding hydrogens is 384 g/mol. The van der Waals surface area contributed by atoms with Gasteiger partial charge in [-0.15, -0.1) is 0 Å². The molecule has 0 spiro atoms. The molecule has 2 atom stereocenters. The fraction of sp³-hybridized carbons (Fsp3) is 0.481. The van der Waals surface area contributed by atoms with E-state index in [1.165, 1.54) is 11.1 Å². The van der Waals surface area contributed by atoms with Crippen LogP contribution < -0.4 is 5.32 Å². The Labute approximate surface area is 188 Å². The molecule has 1 N–H and O–H groups in total. The van der Waals surface area contributed by atoms with Crippen molar-refractivity contribution in [2.24, 2.45) is 0 Å². The lowest BCUT2D eigenvalue weighted by atomic mass is 10.0. The highest BCUT2D eigenvalue weighted by molar-refractivity contribution is 5.88. The highest BCUT2D eigenvalue weighted by atomic mass is 16.2. The zero-order valence-electron chi connectivity index (χ0n) is 19.6. The Hall–Kier alpha value is -2.62. The van der Waals surface area contributed by atoms with Crippen molar-refractivity contribution in [3.8, 4) is 0 Å². The molecular formula is C27H38N2O2.